The van der Waals surface area contributed by atoms with Crippen LogP contribution in [0.3, 0.4) is 0 Å². The van der Waals surface area contributed by atoms with Crippen LogP contribution in [0.4, 0.5) is 0 Å². The van der Waals surface area contributed by atoms with Crippen molar-refractivity contribution in [3.8, 4) is 11.5 Å². The lowest BCUT2D eigenvalue weighted by atomic mass is 9.96. The highest BCUT2D eigenvalue weighted by Crippen LogP contribution is 2.21. The maximum Gasteiger partial charge on any atom is 0.258 e. The zero-order valence-corrected chi connectivity index (χ0v) is 16.4. The van der Waals surface area contributed by atoms with Crippen LogP contribution >= 0.6 is 0 Å². The summed E-state index contributed by atoms with van der Waals surface area (Å²) in [5, 5.41) is 15.3. The van der Waals surface area contributed by atoms with Crippen molar-refractivity contribution >= 4 is 11.6 Å². The Morgan fingerprint density at radius 3 is 2.72 bits per heavy atom. The molecule has 0 aliphatic carbocycles. The molecule has 8 nitrogen and oxygen atoms in total. The highest BCUT2D eigenvalue weighted by Gasteiger charge is 2.19. The van der Waals surface area contributed by atoms with E-state index in [-0.39, 0.29) is 11.8 Å². The highest BCUT2D eigenvalue weighted by molar-refractivity contribution is 5.83. The summed E-state index contributed by atoms with van der Waals surface area (Å²) in [6, 6.07) is 13.5. The summed E-state index contributed by atoms with van der Waals surface area (Å²) >= 11 is 0. The lowest BCUT2D eigenvalue weighted by Gasteiger charge is -2.15. The minimum atomic E-state index is -0.188. The van der Waals surface area contributed by atoms with E-state index in [0.717, 1.165) is 17.5 Å². The normalized spacial score (nSPS) is 12.2. The predicted molar refractivity (Wildman–Crippen MR) is 107 cm³/mol. The number of hydrogen-bond donors (Lipinski definition) is 1. The predicted octanol–water partition coefficient (Wildman–Crippen LogP) is 3.15. The SMILES string of the molecule is CCc1noc(-c2ccn3c(CNC(=O)C(CC)c4ccccc4)nnc3c2)n1. The summed E-state index contributed by atoms with van der Waals surface area (Å²) in [5.41, 5.74) is 2.44. The molecule has 0 saturated carbocycles. The minimum Gasteiger partial charge on any atom is -0.348 e. The Balaban J connectivity index is 1.49. The summed E-state index contributed by atoms with van der Waals surface area (Å²) in [7, 11) is 0. The van der Waals surface area contributed by atoms with Gasteiger partial charge in [-0.25, -0.2) is 0 Å². The number of nitrogens with zero attached hydrogens (tertiary/aromatic N) is 5. The summed E-state index contributed by atoms with van der Waals surface area (Å²) in [6.45, 7) is 4.27. The van der Waals surface area contributed by atoms with E-state index in [9.17, 15) is 4.79 Å². The van der Waals surface area contributed by atoms with Crippen LogP contribution in [-0.4, -0.2) is 30.6 Å². The first kappa shape index (κ1) is 18.8. The van der Waals surface area contributed by atoms with E-state index in [1.54, 1.807) is 0 Å². The molecule has 0 fully saturated rings. The molecule has 148 valence electrons. The molecule has 0 radical (unpaired) electrons. The Labute approximate surface area is 168 Å². The zero-order valence-electron chi connectivity index (χ0n) is 16.4. The van der Waals surface area contributed by atoms with Gasteiger partial charge in [0.1, 0.15) is 0 Å². The van der Waals surface area contributed by atoms with Gasteiger partial charge < -0.3 is 9.84 Å². The van der Waals surface area contributed by atoms with Gasteiger partial charge in [0.25, 0.3) is 5.89 Å². The van der Waals surface area contributed by atoms with Gasteiger partial charge in [-0.05, 0) is 24.1 Å². The number of benzene rings is 1. The van der Waals surface area contributed by atoms with E-state index in [0.29, 0.717) is 36.2 Å². The van der Waals surface area contributed by atoms with Crippen molar-refractivity contribution in [2.75, 3.05) is 0 Å². The number of nitrogens with one attached hydrogen (secondary N) is 1. The van der Waals surface area contributed by atoms with Crippen molar-refractivity contribution in [1.29, 1.82) is 0 Å². The Hall–Kier alpha value is -3.55. The standard InChI is InChI=1S/C21H22N6O2/c1-3-16(14-8-6-5-7-9-14)20(28)22-13-19-25-24-18-12-15(10-11-27(18)19)21-23-17(4-2)26-29-21/h5-12,16H,3-4,13H2,1-2H3,(H,22,28). The average Bonchev–Trinajstić information content (AvgIpc) is 3.40. The minimum absolute atomic E-state index is 0.0231. The molecule has 0 aliphatic rings. The van der Waals surface area contributed by atoms with E-state index in [1.807, 2.05) is 66.9 Å². The molecule has 1 amide bonds. The second kappa shape index (κ2) is 8.22. The summed E-state index contributed by atoms with van der Waals surface area (Å²) in [6.07, 6.45) is 3.28. The van der Waals surface area contributed by atoms with Gasteiger partial charge in [-0.2, -0.15) is 4.98 Å². The fourth-order valence-corrected chi connectivity index (χ4v) is 3.26. The van der Waals surface area contributed by atoms with Gasteiger partial charge in [-0.3, -0.25) is 9.20 Å². The average molecular weight is 390 g/mol. The maximum atomic E-state index is 12.7. The van der Waals surface area contributed by atoms with Crippen LogP contribution in [0.25, 0.3) is 17.1 Å². The van der Waals surface area contributed by atoms with Gasteiger partial charge in [-0.1, -0.05) is 49.3 Å². The number of fused-ring (bicyclic) bond motifs is 1. The Kier molecular flexibility index (Phi) is 5.33. The number of aromatic nitrogens is 5. The third-order valence-corrected chi connectivity index (χ3v) is 4.86. The van der Waals surface area contributed by atoms with E-state index in [4.69, 9.17) is 4.52 Å². The van der Waals surface area contributed by atoms with Crippen molar-refractivity contribution in [3.63, 3.8) is 0 Å². The lowest BCUT2D eigenvalue weighted by molar-refractivity contribution is -0.122. The molecule has 1 N–H and O–H groups in total. The molecular formula is C21H22N6O2. The second-order valence-corrected chi connectivity index (χ2v) is 6.72. The van der Waals surface area contributed by atoms with Gasteiger partial charge >= 0.3 is 0 Å². The maximum absolute atomic E-state index is 12.7. The van der Waals surface area contributed by atoms with Gasteiger partial charge in [0.2, 0.25) is 5.91 Å². The van der Waals surface area contributed by atoms with Gasteiger partial charge in [0.15, 0.2) is 17.3 Å². The van der Waals surface area contributed by atoms with Crippen LogP contribution in [-0.2, 0) is 17.8 Å². The molecule has 4 aromatic rings. The zero-order chi connectivity index (χ0) is 20.2. The van der Waals surface area contributed by atoms with Crippen LogP contribution in [0, 0.1) is 0 Å². The third kappa shape index (κ3) is 3.87. The highest BCUT2D eigenvalue weighted by atomic mass is 16.5. The van der Waals surface area contributed by atoms with Crippen molar-refractivity contribution in [2.24, 2.45) is 0 Å². The van der Waals surface area contributed by atoms with Crippen LogP contribution < -0.4 is 5.32 Å². The number of pyridine rings is 1. The van der Waals surface area contributed by atoms with E-state index >= 15 is 0 Å². The second-order valence-electron chi connectivity index (χ2n) is 6.72. The van der Waals surface area contributed by atoms with Crippen LogP contribution in [0.5, 0.6) is 0 Å². The monoisotopic (exact) mass is 390 g/mol. The number of carbonyl (C=O) groups excluding carboxylic acids is 1. The Morgan fingerprint density at radius 2 is 2.00 bits per heavy atom. The molecule has 1 aromatic carbocycles. The Morgan fingerprint density at radius 1 is 1.17 bits per heavy atom. The third-order valence-electron chi connectivity index (χ3n) is 4.86. The molecule has 1 atom stereocenters. The molecule has 29 heavy (non-hydrogen) atoms. The van der Waals surface area contributed by atoms with Crippen molar-refractivity contribution in [2.45, 2.75) is 39.2 Å². The van der Waals surface area contributed by atoms with Crippen LogP contribution in [0.2, 0.25) is 0 Å². The van der Waals surface area contributed by atoms with Crippen LogP contribution in [0.15, 0.2) is 53.2 Å². The van der Waals surface area contributed by atoms with Crippen molar-refractivity contribution in [3.05, 3.63) is 65.9 Å². The molecule has 0 saturated heterocycles. The first-order valence-corrected chi connectivity index (χ1v) is 9.68. The summed E-state index contributed by atoms with van der Waals surface area (Å²) < 4.78 is 7.12. The first-order chi connectivity index (χ1) is 14.2. The van der Waals surface area contributed by atoms with Gasteiger partial charge in [-0.15, -0.1) is 10.2 Å². The topological polar surface area (TPSA) is 98.2 Å². The van der Waals surface area contributed by atoms with E-state index in [1.165, 1.54) is 0 Å². The lowest BCUT2D eigenvalue weighted by Crippen LogP contribution is -2.29. The molecule has 3 aromatic heterocycles. The van der Waals surface area contributed by atoms with Crippen LogP contribution in [0.1, 0.15) is 43.4 Å². The molecule has 3 heterocycles. The summed E-state index contributed by atoms with van der Waals surface area (Å²) in [5.74, 6) is 1.56. The van der Waals surface area contributed by atoms with E-state index in [2.05, 4.69) is 25.7 Å². The number of rotatable bonds is 7. The number of hydrogen-bond acceptors (Lipinski definition) is 6. The number of aryl methyl sites for hydroxylation is 1. The van der Waals surface area contributed by atoms with Crippen molar-refractivity contribution in [1.82, 2.24) is 30.1 Å². The smallest absolute Gasteiger partial charge is 0.258 e. The molecular weight excluding hydrogens is 368 g/mol. The molecule has 0 aliphatic heterocycles. The quantitative estimate of drug-likeness (QED) is 0.520. The van der Waals surface area contributed by atoms with Gasteiger partial charge in [0, 0.05) is 18.2 Å². The van der Waals surface area contributed by atoms with Crippen molar-refractivity contribution < 1.29 is 9.32 Å². The first-order valence-electron chi connectivity index (χ1n) is 9.68. The Bertz CT molecular complexity index is 1120. The molecule has 0 bridgehead atoms. The van der Waals surface area contributed by atoms with Gasteiger partial charge in [0.05, 0.1) is 12.5 Å². The fourth-order valence-electron chi connectivity index (χ4n) is 3.26. The number of carbonyl (C=O) groups is 1. The molecule has 0 spiro atoms. The summed E-state index contributed by atoms with van der Waals surface area (Å²) in [4.78, 5) is 17.0. The molecule has 4 rings (SSSR count). The van der Waals surface area contributed by atoms with E-state index < -0.39 is 0 Å². The molecule has 1 unspecified atom stereocenters. The largest absolute Gasteiger partial charge is 0.348 e. The number of amides is 1. The fraction of sp³-hybridized carbons (Fsp3) is 0.286. The molecule has 8 heteroatoms.